The second-order valence-corrected chi connectivity index (χ2v) is 3.55. The van der Waals surface area contributed by atoms with Gasteiger partial charge in [-0.2, -0.15) is 5.10 Å². The molecule has 0 aliphatic rings. The van der Waals surface area contributed by atoms with Gasteiger partial charge in [0.25, 0.3) is 0 Å². The number of aryl methyl sites for hydroxylation is 1. The molecule has 0 fully saturated rings. The van der Waals surface area contributed by atoms with Crippen LogP contribution in [0.1, 0.15) is 5.82 Å². The van der Waals surface area contributed by atoms with E-state index in [0.29, 0.717) is 0 Å². The standard InChI is InChI=1S/C10H15N7/c1-11-9-5-10(14-6-13-9)12-4-3-8-15-7-17(2)16-8/h5-7H,3-4H2,1-2H3,(H2,11,12,13,14). The van der Waals surface area contributed by atoms with Gasteiger partial charge >= 0.3 is 0 Å². The van der Waals surface area contributed by atoms with Crippen LogP contribution in [0.25, 0.3) is 0 Å². The highest BCUT2D eigenvalue weighted by atomic mass is 15.3. The van der Waals surface area contributed by atoms with Crippen LogP contribution in [0.4, 0.5) is 11.6 Å². The predicted octanol–water partition coefficient (Wildman–Crippen LogP) is 0.301. The molecule has 0 saturated carbocycles. The lowest BCUT2D eigenvalue weighted by Gasteiger charge is -2.05. The summed E-state index contributed by atoms with van der Waals surface area (Å²) in [5, 5.41) is 10.4. The summed E-state index contributed by atoms with van der Waals surface area (Å²) in [5.41, 5.74) is 0. The van der Waals surface area contributed by atoms with Gasteiger partial charge in [0.2, 0.25) is 0 Å². The number of hydrogen-bond acceptors (Lipinski definition) is 6. The van der Waals surface area contributed by atoms with Crippen molar-refractivity contribution in [2.75, 3.05) is 24.2 Å². The first-order valence-electron chi connectivity index (χ1n) is 5.36. The van der Waals surface area contributed by atoms with E-state index in [1.54, 1.807) is 11.0 Å². The lowest BCUT2D eigenvalue weighted by atomic mass is 10.4. The average molecular weight is 233 g/mol. The minimum absolute atomic E-state index is 0.740. The van der Waals surface area contributed by atoms with Crippen LogP contribution in [0.3, 0.4) is 0 Å². The molecule has 0 radical (unpaired) electrons. The van der Waals surface area contributed by atoms with E-state index in [4.69, 9.17) is 0 Å². The number of rotatable bonds is 5. The topological polar surface area (TPSA) is 80.5 Å². The Hall–Kier alpha value is -2.18. The van der Waals surface area contributed by atoms with Crippen LogP contribution in [0.5, 0.6) is 0 Å². The molecule has 0 spiro atoms. The Morgan fingerprint density at radius 1 is 1.24 bits per heavy atom. The summed E-state index contributed by atoms with van der Waals surface area (Å²) in [6.45, 7) is 0.740. The van der Waals surface area contributed by atoms with Gasteiger partial charge in [-0.25, -0.2) is 15.0 Å². The maximum atomic E-state index is 4.20. The molecule has 7 heteroatoms. The monoisotopic (exact) mass is 233 g/mol. The lowest BCUT2D eigenvalue weighted by Crippen LogP contribution is -2.08. The van der Waals surface area contributed by atoms with Crippen LogP contribution >= 0.6 is 0 Å². The highest BCUT2D eigenvalue weighted by molar-refractivity contribution is 5.45. The van der Waals surface area contributed by atoms with Crippen molar-refractivity contribution in [3.8, 4) is 0 Å². The molecule has 2 aromatic rings. The molecule has 0 aliphatic carbocycles. The molecule has 90 valence electrons. The van der Waals surface area contributed by atoms with Gasteiger partial charge < -0.3 is 10.6 Å². The van der Waals surface area contributed by atoms with Crippen molar-refractivity contribution in [3.63, 3.8) is 0 Å². The molecule has 0 aliphatic heterocycles. The molecule has 0 atom stereocenters. The van der Waals surface area contributed by atoms with E-state index in [2.05, 4.69) is 30.7 Å². The van der Waals surface area contributed by atoms with Gasteiger partial charge in [-0.05, 0) is 0 Å². The SMILES string of the molecule is CNc1cc(NCCc2ncn(C)n2)ncn1. The molecule has 2 N–H and O–H groups in total. The van der Waals surface area contributed by atoms with E-state index in [9.17, 15) is 0 Å². The fourth-order valence-corrected chi connectivity index (χ4v) is 1.39. The summed E-state index contributed by atoms with van der Waals surface area (Å²) in [6, 6.07) is 1.85. The first-order chi connectivity index (χ1) is 8.28. The molecule has 0 saturated heterocycles. The molecule has 2 aromatic heterocycles. The van der Waals surface area contributed by atoms with E-state index in [0.717, 1.165) is 30.4 Å². The van der Waals surface area contributed by atoms with Crippen molar-refractivity contribution >= 4 is 11.6 Å². The maximum Gasteiger partial charge on any atom is 0.152 e. The molecule has 17 heavy (non-hydrogen) atoms. The van der Waals surface area contributed by atoms with Crippen LogP contribution < -0.4 is 10.6 Å². The van der Waals surface area contributed by atoms with Crippen molar-refractivity contribution in [1.82, 2.24) is 24.7 Å². The zero-order chi connectivity index (χ0) is 12.1. The third-order valence-electron chi connectivity index (χ3n) is 2.22. The van der Waals surface area contributed by atoms with Crippen LogP contribution in [-0.2, 0) is 13.5 Å². The van der Waals surface area contributed by atoms with E-state index in [-0.39, 0.29) is 0 Å². The van der Waals surface area contributed by atoms with E-state index < -0.39 is 0 Å². The fourth-order valence-electron chi connectivity index (χ4n) is 1.39. The van der Waals surface area contributed by atoms with Gasteiger partial charge in [-0.3, -0.25) is 4.68 Å². The number of anilines is 2. The van der Waals surface area contributed by atoms with Gasteiger partial charge in [0.05, 0.1) is 0 Å². The van der Waals surface area contributed by atoms with E-state index >= 15 is 0 Å². The molecule has 7 nitrogen and oxygen atoms in total. The Kier molecular flexibility index (Phi) is 3.49. The first-order valence-corrected chi connectivity index (χ1v) is 5.36. The highest BCUT2D eigenvalue weighted by Gasteiger charge is 2.00. The summed E-state index contributed by atoms with van der Waals surface area (Å²) in [5.74, 6) is 2.40. The Morgan fingerprint density at radius 3 is 2.76 bits per heavy atom. The van der Waals surface area contributed by atoms with Crippen LogP contribution in [0.2, 0.25) is 0 Å². The van der Waals surface area contributed by atoms with Gasteiger partial charge in [-0.15, -0.1) is 0 Å². The molecule has 0 unspecified atom stereocenters. The molecule has 0 bridgehead atoms. The van der Waals surface area contributed by atoms with Crippen molar-refractivity contribution in [2.45, 2.75) is 6.42 Å². The number of nitrogens with zero attached hydrogens (tertiary/aromatic N) is 5. The molecule has 0 amide bonds. The van der Waals surface area contributed by atoms with Crippen molar-refractivity contribution < 1.29 is 0 Å². The highest BCUT2D eigenvalue weighted by Crippen LogP contribution is 2.07. The zero-order valence-corrected chi connectivity index (χ0v) is 9.88. The van der Waals surface area contributed by atoms with Gasteiger partial charge in [-0.1, -0.05) is 0 Å². The fraction of sp³-hybridized carbons (Fsp3) is 0.400. The molecule has 2 rings (SSSR count). The average Bonchev–Trinajstić information content (AvgIpc) is 2.75. The van der Waals surface area contributed by atoms with Crippen LogP contribution in [0, 0.1) is 0 Å². The Labute approximate surface area is 99.3 Å². The summed E-state index contributed by atoms with van der Waals surface area (Å²) in [7, 11) is 3.68. The minimum Gasteiger partial charge on any atom is -0.373 e. The van der Waals surface area contributed by atoms with Crippen molar-refractivity contribution in [3.05, 3.63) is 24.5 Å². The van der Waals surface area contributed by atoms with Crippen molar-refractivity contribution in [1.29, 1.82) is 0 Å². The minimum atomic E-state index is 0.740. The molecular weight excluding hydrogens is 218 g/mol. The number of hydrogen-bond donors (Lipinski definition) is 2. The Balaban J connectivity index is 1.85. The molecular formula is C10H15N7. The summed E-state index contributed by atoms with van der Waals surface area (Å²) < 4.78 is 1.69. The second-order valence-electron chi connectivity index (χ2n) is 3.55. The Morgan fingerprint density at radius 2 is 2.06 bits per heavy atom. The molecule has 2 heterocycles. The smallest absolute Gasteiger partial charge is 0.152 e. The third-order valence-corrected chi connectivity index (χ3v) is 2.22. The second kappa shape index (κ2) is 5.24. The van der Waals surface area contributed by atoms with E-state index in [1.165, 1.54) is 6.33 Å². The largest absolute Gasteiger partial charge is 0.373 e. The van der Waals surface area contributed by atoms with Crippen molar-refractivity contribution in [2.24, 2.45) is 7.05 Å². The summed E-state index contributed by atoms with van der Waals surface area (Å²) in [4.78, 5) is 12.3. The van der Waals surface area contributed by atoms with Gasteiger partial charge in [0.15, 0.2) is 5.82 Å². The van der Waals surface area contributed by atoms with Crippen LogP contribution in [0.15, 0.2) is 18.7 Å². The number of nitrogens with one attached hydrogen (secondary N) is 2. The van der Waals surface area contributed by atoms with E-state index in [1.807, 2.05) is 20.2 Å². The summed E-state index contributed by atoms with van der Waals surface area (Å²) in [6.07, 6.45) is 3.98. The Bertz CT molecular complexity index is 479. The maximum absolute atomic E-state index is 4.20. The number of aromatic nitrogens is 5. The lowest BCUT2D eigenvalue weighted by molar-refractivity contribution is 0.741. The summed E-state index contributed by atoms with van der Waals surface area (Å²) >= 11 is 0. The third kappa shape index (κ3) is 3.13. The normalized spacial score (nSPS) is 10.2. The van der Waals surface area contributed by atoms with Crippen LogP contribution in [-0.4, -0.2) is 38.3 Å². The zero-order valence-electron chi connectivity index (χ0n) is 9.88. The van der Waals surface area contributed by atoms with Gasteiger partial charge in [0, 0.05) is 33.1 Å². The predicted molar refractivity (Wildman–Crippen MR) is 64.8 cm³/mol. The molecule has 0 aromatic carbocycles. The quantitative estimate of drug-likeness (QED) is 0.773. The first kappa shape index (κ1) is 11.3. The van der Waals surface area contributed by atoms with Gasteiger partial charge in [0.1, 0.15) is 24.3 Å².